The van der Waals surface area contributed by atoms with Gasteiger partial charge in [-0.15, -0.1) is 12.8 Å². The van der Waals surface area contributed by atoms with Crippen molar-refractivity contribution in [2.75, 3.05) is 20.1 Å². The van der Waals surface area contributed by atoms with E-state index in [1.54, 1.807) is 12.3 Å². The largest absolute Gasteiger partial charge is 0.441 e. The van der Waals surface area contributed by atoms with E-state index in [1.165, 1.54) is 57.7 Å². The molecule has 0 bridgehead atoms. The molecule has 3 aliphatic rings. The number of halogens is 1. The van der Waals surface area contributed by atoms with Gasteiger partial charge in [-0.25, -0.2) is 9.37 Å². The lowest BCUT2D eigenvalue weighted by molar-refractivity contribution is -0.118. The second-order valence-corrected chi connectivity index (χ2v) is 11.9. The summed E-state index contributed by atoms with van der Waals surface area (Å²) in [6.07, 6.45) is 24.2. The lowest BCUT2D eigenvalue weighted by Crippen LogP contribution is -2.30. The minimum atomic E-state index is -0.332. The van der Waals surface area contributed by atoms with Gasteiger partial charge in [-0.3, -0.25) is 14.6 Å². The average molecular weight is 621 g/mol. The van der Waals surface area contributed by atoms with E-state index in [0.29, 0.717) is 47.3 Å². The van der Waals surface area contributed by atoms with Gasteiger partial charge in [0.1, 0.15) is 11.6 Å². The summed E-state index contributed by atoms with van der Waals surface area (Å²) < 4.78 is 20.5. The number of fused-ring (bicyclic) bond motifs is 1. The molecule has 8 heteroatoms. The van der Waals surface area contributed by atoms with Gasteiger partial charge in [0.2, 0.25) is 6.41 Å². The number of Topliss-reactive ketones (excluding diaryl/α,β-unsaturated/α-hetero) is 1. The Morgan fingerprint density at radius 1 is 1.09 bits per heavy atom. The van der Waals surface area contributed by atoms with Crippen molar-refractivity contribution in [3.63, 3.8) is 0 Å². The fourth-order valence-electron chi connectivity index (χ4n) is 5.41. The first-order chi connectivity index (χ1) is 21.9. The van der Waals surface area contributed by atoms with Gasteiger partial charge in [-0.2, -0.15) is 0 Å². The summed E-state index contributed by atoms with van der Waals surface area (Å²) in [5.41, 5.74) is 7.21. The summed E-state index contributed by atoms with van der Waals surface area (Å²) >= 11 is 0. The number of carbonyl (C=O) groups is 2. The summed E-state index contributed by atoms with van der Waals surface area (Å²) in [6.45, 7) is 8.60. The highest BCUT2D eigenvalue weighted by Crippen LogP contribution is 2.53. The molecule has 45 heavy (non-hydrogen) atoms. The molecular formula is C37H53FN4O3. The molecule has 2 N–H and O–H groups in total. The Hall–Kier alpha value is -3.57. The number of carbonyl (C=O) groups excluding carboxylic acids is 2. The molecule has 3 heterocycles. The van der Waals surface area contributed by atoms with E-state index in [4.69, 9.17) is 9.21 Å². The Labute approximate surface area is 269 Å². The minimum Gasteiger partial charge on any atom is -0.441 e. The number of benzene rings is 1. The van der Waals surface area contributed by atoms with Gasteiger partial charge in [-0.05, 0) is 89.1 Å². The van der Waals surface area contributed by atoms with Gasteiger partial charge in [0.05, 0.1) is 17.3 Å². The van der Waals surface area contributed by atoms with Crippen molar-refractivity contribution in [3.05, 3.63) is 47.9 Å². The third kappa shape index (κ3) is 12.4. The predicted octanol–water partition coefficient (Wildman–Crippen LogP) is 8.25. The van der Waals surface area contributed by atoms with Crippen molar-refractivity contribution in [1.82, 2.24) is 14.9 Å². The number of nitrogens with two attached hydrogens (primary N) is 1. The van der Waals surface area contributed by atoms with Crippen LogP contribution in [0.15, 0.2) is 34.9 Å². The number of likely N-dealkylation sites (tertiary alicyclic amines) is 1. The Kier molecular flexibility index (Phi) is 16.5. The van der Waals surface area contributed by atoms with E-state index in [9.17, 15) is 9.18 Å². The smallest absolute Gasteiger partial charge is 0.204 e. The Balaban J connectivity index is 0.000000364. The SMILES string of the molecule is C#C.CC.CCC(=O)CCCCCCc1ncc(-c2cc3ccc(C4CC4)nc3cc2F)o1.CN1CCC2(CC1)CC2.NC=O. The molecule has 1 spiro atoms. The zero-order valence-electron chi connectivity index (χ0n) is 27.8. The second kappa shape index (κ2) is 19.7. The standard InChI is InChI=1S/C24H27FN2O2.C8H15N.C2H6.C2H2.CH3NO/c1-2-18(28)7-5-3-4-6-8-24-26-15-23(29-24)19-13-17-11-12-21(16-9-10-16)27-22(17)14-20(19)25;1-9-6-4-8(2-3-8)5-7-9;2*1-2;2-1-3/h11-16H,2-10H2,1H3;2-7H2,1H3;1-2H3;1-2H;1H,(H2,2,3). The molecule has 1 saturated heterocycles. The van der Waals surface area contributed by atoms with Crippen molar-refractivity contribution < 1.29 is 18.4 Å². The number of hydrogen-bond acceptors (Lipinski definition) is 6. The molecule has 0 atom stereocenters. The number of unbranched alkanes of at least 4 members (excludes halogenated alkanes) is 3. The highest BCUT2D eigenvalue weighted by Gasteiger charge is 2.43. The molecule has 7 nitrogen and oxygen atoms in total. The van der Waals surface area contributed by atoms with Crippen LogP contribution in [0.4, 0.5) is 4.39 Å². The number of primary amides is 1. The lowest BCUT2D eigenvalue weighted by atomic mass is 9.94. The highest BCUT2D eigenvalue weighted by molar-refractivity contribution is 5.84. The third-order valence-electron chi connectivity index (χ3n) is 8.61. The number of amides is 1. The number of aryl methyl sites for hydroxylation is 1. The summed E-state index contributed by atoms with van der Waals surface area (Å²) in [4.78, 5) is 31.3. The summed E-state index contributed by atoms with van der Waals surface area (Å²) in [7, 11) is 2.23. The Morgan fingerprint density at radius 2 is 1.73 bits per heavy atom. The van der Waals surface area contributed by atoms with Gasteiger partial charge in [-0.1, -0.05) is 39.7 Å². The van der Waals surface area contributed by atoms with E-state index in [-0.39, 0.29) is 12.2 Å². The molecule has 2 aromatic heterocycles. The first kappa shape index (κ1) is 37.6. The Morgan fingerprint density at radius 3 is 2.33 bits per heavy atom. The van der Waals surface area contributed by atoms with E-state index < -0.39 is 0 Å². The van der Waals surface area contributed by atoms with Crippen molar-refractivity contribution in [3.8, 4) is 24.2 Å². The maximum atomic E-state index is 14.7. The number of piperidine rings is 1. The molecular weight excluding hydrogens is 567 g/mol. The van der Waals surface area contributed by atoms with Crippen molar-refractivity contribution >= 4 is 23.1 Å². The number of ketones is 1. The molecule has 1 amide bonds. The molecule has 3 fully saturated rings. The van der Waals surface area contributed by atoms with E-state index in [0.717, 1.165) is 48.6 Å². The second-order valence-electron chi connectivity index (χ2n) is 11.9. The van der Waals surface area contributed by atoms with Crippen LogP contribution in [0.5, 0.6) is 0 Å². The van der Waals surface area contributed by atoms with Gasteiger partial charge in [0.15, 0.2) is 11.7 Å². The maximum Gasteiger partial charge on any atom is 0.204 e. The van der Waals surface area contributed by atoms with Crippen LogP contribution in [-0.4, -0.2) is 47.2 Å². The monoisotopic (exact) mass is 620 g/mol. The molecule has 0 unspecified atom stereocenters. The number of oxazole rings is 1. The average Bonchev–Trinajstić information content (AvgIpc) is 4.01. The van der Waals surface area contributed by atoms with Crippen LogP contribution in [0.2, 0.25) is 0 Å². The number of aromatic nitrogens is 2. The zero-order chi connectivity index (χ0) is 33.2. The number of pyridine rings is 1. The number of nitrogens with zero attached hydrogens (tertiary/aromatic N) is 3. The Bertz CT molecular complexity index is 1330. The maximum absolute atomic E-state index is 14.7. The van der Waals surface area contributed by atoms with Crippen LogP contribution >= 0.6 is 0 Å². The van der Waals surface area contributed by atoms with Crippen LogP contribution in [-0.2, 0) is 16.0 Å². The quantitative estimate of drug-likeness (QED) is 0.139. The van der Waals surface area contributed by atoms with Gasteiger partial charge in [0, 0.05) is 42.3 Å². The fourth-order valence-corrected chi connectivity index (χ4v) is 5.41. The molecule has 1 aliphatic heterocycles. The summed E-state index contributed by atoms with van der Waals surface area (Å²) in [5, 5.41) is 0.908. The van der Waals surface area contributed by atoms with Crippen LogP contribution < -0.4 is 5.73 Å². The van der Waals surface area contributed by atoms with Crippen LogP contribution in [0, 0.1) is 24.1 Å². The van der Waals surface area contributed by atoms with E-state index >= 15 is 0 Å². The summed E-state index contributed by atoms with van der Waals surface area (Å²) in [6, 6.07) is 7.35. The highest BCUT2D eigenvalue weighted by atomic mass is 19.1. The molecule has 0 radical (unpaired) electrons. The van der Waals surface area contributed by atoms with E-state index in [1.807, 2.05) is 32.9 Å². The first-order valence-corrected chi connectivity index (χ1v) is 16.6. The number of rotatable bonds is 10. The van der Waals surface area contributed by atoms with Crippen molar-refractivity contribution in [2.24, 2.45) is 11.1 Å². The topological polar surface area (TPSA) is 102 Å². The predicted molar refractivity (Wildman–Crippen MR) is 181 cm³/mol. The van der Waals surface area contributed by atoms with E-state index in [2.05, 4.69) is 40.5 Å². The van der Waals surface area contributed by atoms with Crippen LogP contribution in [0.1, 0.15) is 115 Å². The molecule has 2 saturated carbocycles. The number of terminal acetylenes is 1. The van der Waals surface area contributed by atoms with Gasteiger partial charge in [0.25, 0.3) is 0 Å². The van der Waals surface area contributed by atoms with Crippen LogP contribution in [0.3, 0.4) is 0 Å². The number of hydrogen-bond donors (Lipinski definition) is 1. The molecule has 6 rings (SSSR count). The lowest BCUT2D eigenvalue weighted by Gasteiger charge is -2.28. The summed E-state index contributed by atoms with van der Waals surface area (Å²) in [5.74, 6) is 1.64. The minimum absolute atomic E-state index is 0.250. The zero-order valence-corrected chi connectivity index (χ0v) is 27.8. The van der Waals surface area contributed by atoms with Crippen molar-refractivity contribution in [2.45, 2.75) is 110 Å². The van der Waals surface area contributed by atoms with Crippen molar-refractivity contribution in [1.29, 1.82) is 0 Å². The first-order valence-electron chi connectivity index (χ1n) is 16.6. The van der Waals surface area contributed by atoms with Gasteiger partial charge < -0.3 is 15.1 Å². The molecule has 2 aliphatic carbocycles. The third-order valence-corrected chi connectivity index (χ3v) is 8.61. The normalized spacial score (nSPS) is 16.0. The molecule has 1 aromatic carbocycles. The fraction of sp³-hybridized carbons (Fsp3) is 0.568. The van der Waals surface area contributed by atoms with Gasteiger partial charge >= 0.3 is 0 Å². The van der Waals surface area contributed by atoms with Crippen LogP contribution in [0.25, 0.3) is 22.2 Å². The molecule has 3 aromatic rings. The molecule has 246 valence electrons.